The maximum atomic E-state index is 3.99. The van der Waals surface area contributed by atoms with Crippen LogP contribution in [0.15, 0.2) is 0 Å². The summed E-state index contributed by atoms with van der Waals surface area (Å²) in [6.07, 6.45) is 6.36. The fourth-order valence-electron chi connectivity index (χ4n) is 2.38. The quantitative estimate of drug-likeness (QED) is 0.599. The Morgan fingerprint density at radius 1 is 0.857 bits per heavy atom. The van der Waals surface area contributed by atoms with Gasteiger partial charge in [-0.1, -0.05) is 32.1 Å². The van der Waals surface area contributed by atoms with Gasteiger partial charge in [-0.3, -0.25) is 0 Å². The SMILES string of the molecule is [CH2-]CCC1C(CCC)[C@H]1C[CH2-].[Y].[Y].[Y]. The van der Waals surface area contributed by atoms with Crippen molar-refractivity contribution in [1.29, 1.82) is 0 Å². The molecule has 3 atom stereocenters. The Labute approximate surface area is 166 Å². The van der Waals surface area contributed by atoms with Crippen molar-refractivity contribution in [3.63, 3.8) is 0 Å². The molecule has 0 spiro atoms. The van der Waals surface area contributed by atoms with E-state index in [0.717, 1.165) is 30.6 Å². The summed E-state index contributed by atoms with van der Waals surface area (Å²) < 4.78 is 0. The third kappa shape index (κ3) is 6.91. The predicted molar refractivity (Wildman–Crippen MR) is 49.9 cm³/mol. The van der Waals surface area contributed by atoms with E-state index in [4.69, 9.17) is 0 Å². The van der Waals surface area contributed by atoms with E-state index in [1.807, 2.05) is 0 Å². The molecule has 1 fully saturated rings. The average molecular weight is 419 g/mol. The van der Waals surface area contributed by atoms with Gasteiger partial charge >= 0.3 is 0 Å². The van der Waals surface area contributed by atoms with E-state index in [2.05, 4.69) is 20.8 Å². The summed E-state index contributed by atoms with van der Waals surface area (Å²) in [6.45, 7) is 10.2. The van der Waals surface area contributed by atoms with Crippen molar-refractivity contribution in [3.05, 3.63) is 13.8 Å². The predicted octanol–water partition coefficient (Wildman–Crippen LogP) is 3.48. The molecular formula is C11H20Y3-2. The van der Waals surface area contributed by atoms with Crippen molar-refractivity contribution in [1.82, 2.24) is 0 Å². The van der Waals surface area contributed by atoms with Crippen molar-refractivity contribution < 1.29 is 98.1 Å². The molecule has 0 heterocycles. The molecule has 3 radical (unpaired) electrons. The van der Waals surface area contributed by atoms with Crippen molar-refractivity contribution in [3.8, 4) is 0 Å². The summed E-state index contributed by atoms with van der Waals surface area (Å²) in [6, 6.07) is 0. The average Bonchev–Trinajstić information content (AvgIpc) is 2.65. The van der Waals surface area contributed by atoms with Gasteiger partial charge in [0.2, 0.25) is 0 Å². The third-order valence-corrected chi connectivity index (χ3v) is 3.00. The van der Waals surface area contributed by atoms with E-state index >= 15 is 0 Å². The molecule has 3 heteroatoms. The Kier molecular flexibility index (Phi) is 20.5. The van der Waals surface area contributed by atoms with Gasteiger partial charge in [0.1, 0.15) is 0 Å². The first-order chi connectivity index (χ1) is 5.35. The molecule has 0 aromatic carbocycles. The van der Waals surface area contributed by atoms with Crippen molar-refractivity contribution in [2.45, 2.75) is 39.0 Å². The molecule has 1 saturated carbocycles. The second-order valence-electron chi connectivity index (χ2n) is 3.71. The zero-order chi connectivity index (χ0) is 8.27. The maximum absolute atomic E-state index is 3.99. The van der Waals surface area contributed by atoms with E-state index in [-0.39, 0.29) is 98.1 Å². The molecule has 2 unspecified atom stereocenters. The van der Waals surface area contributed by atoms with Crippen LogP contribution in [0.4, 0.5) is 0 Å². The molecule has 0 amide bonds. The summed E-state index contributed by atoms with van der Waals surface area (Å²) in [7, 11) is 0. The molecule has 14 heavy (non-hydrogen) atoms. The summed E-state index contributed by atoms with van der Waals surface area (Å²) in [5.74, 6) is 2.96. The minimum Gasteiger partial charge on any atom is -0.343 e. The first kappa shape index (κ1) is 22.5. The molecule has 0 saturated heterocycles. The van der Waals surface area contributed by atoms with Crippen molar-refractivity contribution >= 4 is 0 Å². The Hall–Kier alpha value is 3.31. The first-order valence-electron chi connectivity index (χ1n) is 4.93. The molecule has 0 aromatic rings. The van der Waals surface area contributed by atoms with Crippen LogP contribution in [0.25, 0.3) is 0 Å². The summed E-state index contributed by atoms with van der Waals surface area (Å²) in [4.78, 5) is 0. The van der Waals surface area contributed by atoms with E-state index in [9.17, 15) is 0 Å². The fraction of sp³-hybridized carbons (Fsp3) is 0.818. The second-order valence-corrected chi connectivity index (χ2v) is 3.71. The molecule has 1 rings (SSSR count). The van der Waals surface area contributed by atoms with Crippen LogP contribution in [0.2, 0.25) is 0 Å². The Morgan fingerprint density at radius 2 is 1.36 bits per heavy atom. The van der Waals surface area contributed by atoms with Crippen molar-refractivity contribution in [2.75, 3.05) is 0 Å². The summed E-state index contributed by atoms with van der Waals surface area (Å²) in [5, 5.41) is 0. The van der Waals surface area contributed by atoms with Gasteiger partial charge in [0, 0.05) is 98.1 Å². The number of rotatable bonds is 5. The van der Waals surface area contributed by atoms with Gasteiger partial charge in [0.25, 0.3) is 0 Å². The van der Waals surface area contributed by atoms with Gasteiger partial charge in [0.05, 0.1) is 0 Å². The van der Waals surface area contributed by atoms with Gasteiger partial charge in [-0.25, -0.2) is 0 Å². The molecule has 0 bridgehead atoms. The fourth-order valence-corrected chi connectivity index (χ4v) is 2.38. The van der Waals surface area contributed by atoms with Gasteiger partial charge in [-0.15, -0.1) is 0 Å². The van der Waals surface area contributed by atoms with E-state index < -0.39 is 0 Å². The minimum atomic E-state index is 0. The third-order valence-electron chi connectivity index (χ3n) is 3.00. The van der Waals surface area contributed by atoms with Gasteiger partial charge in [-0.05, 0) is 11.8 Å². The molecule has 0 nitrogen and oxygen atoms in total. The van der Waals surface area contributed by atoms with E-state index in [1.165, 1.54) is 19.3 Å². The van der Waals surface area contributed by atoms with E-state index in [1.54, 1.807) is 0 Å². The molecule has 0 aliphatic heterocycles. The number of hydrogen-bond donors (Lipinski definition) is 0. The van der Waals surface area contributed by atoms with Crippen LogP contribution in [0, 0.1) is 31.6 Å². The zero-order valence-corrected chi connectivity index (χ0v) is 17.9. The van der Waals surface area contributed by atoms with Crippen LogP contribution in [-0.2, 0) is 98.1 Å². The summed E-state index contributed by atoms with van der Waals surface area (Å²) >= 11 is 0. The second kappa shape index (κ2) is 12.8. The molecular weight excluding hydrogens is 399 g/mol. The summed E-state index contributed by atoms with van der Waals surface area (Å²) in [5.41, 5.74) is 0. The standard InChI is InChI=1S/C11H20.3Y/c1-4-7-10-9(6-3)11(10)8-5-2;;;/h9-11H,1,3-8H2,2H3;;;/q-2;;;/t9-,10?,11?;;;/m0.../s1. The van der Waals surface area contributed by atoms with Crippen molar-refractivity contribution in [2.24, 2.45) is 17.8 Å². The molecule has 75 valence electrons. The van der Waals surface area contributed by atoms with Gasteiger partial charge < -0.3 is 13.8 Å². The van der Waals surface area contributed by atoms with Crippen LogP contribution < -0.4 is 0 Å². The minimum absolute atomic E-state index is 0. The van der Waals surface area contributed by atoms with Crippen LogP contribution in [0.5, 0.6) is 0 Å². The Bertz CT molecular complexity index is 105. The monoisotopic (exact) mass is 419 g/mol. The number of hydrogen-bond acceptors (Lipinski definition) is 0. The molecule has 1 aliphatic rings. The van der Waals surface area contributed by atoms with Gasteiger partial charge in [-0.2, -0.15) is 12.8 Å². The Balaban J connectivity index is -0.000000403. The first-order valence-corrected chi connectivity index (χ1v) is 4.93. The van der Waals surface area contributed by atoms with Gasteiger partial charge in [0.15, 0.2) is 0 Å². The smallest absolute Gasteiger partial charge is 0 e. The molecule has 0 N–H and O–H groups in total. The van der Waals surface area contributed by atoms with Crippen LogP contribution in [0.3, 0.4) is 0 Å². The largest absolute Gasteiger partial charge is 0.343 e. The normalized spacial score (nSPS) is 28.1. The molecule has 1 aliphatic carbocycles. The van der Waals surface area contributed by atoms with Crippen LogP contribution >= 0.6 is 0 Å². The maximum Gasteiger partial charge on any atom is 0 e. The van der Waals surface area contributed by atoms with Crippen LogP contribution in [0.1, 0.15) is 39.0 Å². The Morgan fingerprint density at radius 3 is 1.71 bits per heavy atom. The van der Waals surface area contributed by atoms with E-state index in [0.29, 0.717) is 0 Å². The molecule has 0 aromatic heterocycles. The topological polar surface area (TPSA) is 0 Å². The zero-order valence-electron chi connectivity index (χ0n) is 9.41. The van der Waals surface area contributed by atoms with Crippen LogP contribution in [-0.4, -0.2) is 0 Å².